The van der Waals surface area contributed by atoms with Crippen molar-refractivity contribution >= 4 is 11.4 Å². The minimum Gasteiger partial charge on any atom is -0.386 e. The summed E-state index contributed by atoms with van der Waals surface area (Å²) in [6.07, 6.45) is 1.03. The Hall–Kier alpha value is -3.29. The van der Waals surface area contributed by atoms with Crippen LogP contribution in [0.4, 0.5) is 11.4 Å². The van der Waals surface area contributed by atoms with Crippen LogP contribution in [0.2, 0.25) is 0 Å². The zero-order valence-electron chi connectivity index (χ0n) is 17.1. The van der Waals surface area contributed by atoms with Gasteiger partial charge in [0, 0.05) is 26.7 Å². The van der Waals surface area contributed by atoms with Crippen LogP contribution in [0.1, 0.15) is 34.7 Å². The minimum absolute atomic E-state index is 0.696. The van der Waals surface area contributed by atoms with Crippen LogP contribution >= 0.6 is 0 Å². The second kappa shape index (κ2) is 10.3. The molecular formula is C25H28N4. The summed E-state index contributed by atoms with van der Waals surface area (Å²) in [6, 6.07) is 25.0. The van der Waals surface area contributed by atoms with E-state index in [9.17, 15) is 0 Å². The zero-order valence-corrected chi connectivity index (χ0v) is 17.1. The third-order valence-electron chi connectivity index (χ3n) is 5.01. The lowest BCUT2D eigenvalue weighted by Crippen LogP contribution is -2.12. The highest BCUT2D eigenvalue weighted by molar-refractivity contribution is 5.69. The van der Waals surface area contributed by atoms with Crippen molar-refractivity contribution in [2.75, 3.05) is 17.7 Å². The van der Waals surface area contributed by atoms with Crippen molar-refractivity contribution in [3.05, 3.63) is 94.5 Å². The molecule has 0 spiro atoms. The molecule has 148 valence electrons. The summed E-state index contributed by atoms with van der Waals surface area (Å²) in [6.45, 7) is 4.57. The average molecular weight is 385 g/mol. The molecule has 0 saturated heterocycles. The van der Waals surface area contributed by atoms with E-state index in [0.29, 0.717) is 5.56 Å². The highest BCUT2D eigenvalue weighted by Gasteiger charge is 2.03. The van der Waals surface area contributed by atoms with Crippen molar-refractivity contribution in [2.24, 2.45) is 0 Å². The van der Waals surface area contributed by atoms with Crippen LogP contribution in [-0.4, -0.2) is 7.05 Å². The van der Waals surface area contributed by atoms with Crippen LogP contribution < -0.4 is 16.0 Å². The second-order valence-electron chi connectivity index (χ2n) is 7.07. The third kappa shape index (κ3) is 5.84. The maximum absolute atomic E-state index is 8.86. The van der Waals surface area contributed by atoms with E-state index in [1.54, 1.807) is 0 Å². The van der Waals surface area contributed by atoms with Crippen LogP contribution in [0.25, 0.3) is 0 Å². The lowest BCUT2D eigenvalue weighted by Gasteiger charge is -2.14. The Morgan fingerprint density at radius 1 is 0.724 bits per heavy atom. The molecule has 3 aromatic carbocycles. The van der Waals surface area contributed by atoms with Gasteiger partial charge in [-0.25, -0.2) is 0 Å². The van der Waals surface area contributed by atoms with Crippen molar-refractivity contribution in [3.8, 4) is 6.07 Å². The first-order chi connectivity index (χ1) is 14.2. The maximum Gasteiger partial charge on any atom is 0.0991 e. The average Bonchev–Trinajstić information content (AvgIpc) is 2.78. The Morgan fingerprint density at radius 3 is 1.83 bits per heavy atom. The first-order valence-electron chi connectivity index (χ1n) is 10.0. The fourth-order valence-corrected chi connectivity index (χ4v) is 3.20. The van der Waals surface area contributed by atoms with Crippen LogP contribution in [0, 0.1) is 11.3 Å². The van der Waals surface area contributed by atoms with Gasteiger partial charge in [0.15, 0.2) is 0 Å². The van der Waals surface area contributed by atoms with E-state index < -0.39 is 0 Å². The van der Waals surface area contributed by atoms with E-state index in [1.807, 2.05) is 31.3 Å². The SMILES string of the molecule is CCc1ccc(NC)c(NCc2ccc(CNCc3ccc(C#N)cc3)cc2)c1. The van der Waals surface area contributed by atoms with E-state index in [-0.39, 0.29) is 0 Å². The van der Waals surface area contributed by atoms with Crippen LogP contribution in [-0.2, 0) is 26.1 Å². The Morgan fingerprint density at radius 2 is 1.28 bits per heavy atom. The van der Waals surface area contributed by atoms with Gasteiger partial charge >= 0.3 is 0 Å². The molecule has 0 amide bonds. The van der Waals surface area contributed by atoms with Gasteiger partial charge in [0.1, 0.15) is 0 Å². The maximum atomic E-state index is 8.86. The molecule has 0 aliphatic carbocycles. The fraction of sp³-hybridized carbons (Fsp3) is 0.240. The number of nitrogens with one attached hydrogen (secondary N) is 3. The van der Waals surface area contributed by atoms with Gasteiger partial charge in [-0.3, -0.25) is 0 Å². The molecule has 0 aromatic heterocycles. The van der Waals surface area contributed by atoms with Gasteiger partial charge in [0.25, 0.3) is 0 Å². The first kappa shape index (κ1) is 20.4. The number of anilines is 2. The molecule has 3 aromatic rings. The van der Waals surface area contributed by atoms with E-state index in [1.165, 1.54) is 22.3 Å². The lowest BCUT2D eigenvalue weighted by atomic mass is 10.1. The number of aryl methyl sites for hydroxylation is 1. The van der Waals surface area contributed by atoms with Gasteiger partial charge in [-0.2, -0.15) is 5.26 Å². The molecule has 29 heavy (non-hydrogen) atoms. The van der Waals surface area contributed by atoms with Crippen LogP contribution in [0.3, 0.4) is 0 Å². The van der Waals surface area contributed by atoms with Crippen LogP contribution in [0.15, 0.2) is 66.7 Å². The molecule has 0 radical (unpaired) electrons. The molecule has 0 aliphatic heterocycles. The van der Waals surface area contributed by atoms with Gasteiger partial charge in [0.05, 0.1) is 23.0 Å². The molecule has 4 nitrogen and oxygen atoms in total. The van der Waals surface area contributed by atoms with E-state index in [4.69, 9.17) is 5.26 Å². The topological polar surface area (TPSA) is 59.9 Å². The van der Waals surface area contributed by atoms with Gasteiger partial charge in [0.2, 0.25) is 0 Å². The van der Waals surface area contributed by atoms with Gasteiger partial charge in [-0.05, 0) is 52.9 Å². The standard InChI is InChI=1S/C25H28N4/c1-3-19-12-13-24(27-2)25(14-19)29-18-23-10-8-22(9-11-23)17-28-16-21-6-4-20(15-26)5-7-21/h4-14,27-29H,3,16-18H2,1-2H3. The summed E-state index contributed by atoms with van der Waals surface area (Å²) >= 11 is 0. The number of hydrogen-bond donors (Lipinski definition) is 3. The quantitative estimate of drug-likeness (QED) is 0.482. The Kier molecular flexibility index (Phi) is 7.27. The van der Waals surface area contributed by atoms with E-state index in [2.05, 4.69) is 71.4 Å². The summed E-state index contributed by atoms with van der Waals surface area (Å²) in [5, 5.41) is 19.1. The monoisotopic (exact) mass is 384 g/mol. The molecule has 0 fully saturated rings. The first-order valence-corrected chi connectivity index (χ1v) is 10.0. The number of nitriles is 1. The molecule has 0 heterocycles. The Labute approximate surface area is 173 Å². The molecule has 0 aliphatic rings. The largest absolute Gasteiger partial charge is 0.386 e. The van der Waals surface area contributed by atoms with Crippen LogP contribution in [0.5, 0.6) is 0 Å². The highest BCUT2D eigenvalue weighted by atomic mass is 14.9. The molecule has 3 rings (SSSR count). The molecule has 0 saturated carbocycles. The summed E-state index contributed by atoms with van der Waals surface area (Å²) < 4.78 is 0. The van der Waals surface area contributed by atoms with Gasteiger partial charge < -0.3 is 16.0 Å². The minimum atomic E-state index is 0.696. The van der Waals surface area contributed by atoms with Gasteiger partial charge in [-0.15, -0.1) is 0 Å². The summed E-state index contributed by atoms with van der Waals surface area (Å²) in [5.74, 6) is 0. The predicted molar refractivity (Wildman–Crippen MR) is 121 cm³/mol. The molecule has 0 bridgehead atoms. The Bertz CT molecular complexity index is 954. The summed E-state index contributed by atoms with van der Waals surface area (Å²) in [7, 11) is 1.95. The van der Waals surface area contributed by atoms with Crippen molar-refractivity contribution in [3.63, 3.8) is 0 Å². The van der Waals surface area contributed by atoms with E-state index in [0.717, 1.165) is 37.4 Å². The van der Waals surface area contributed by atoms with Crippen molar-refractivity contribution < 1.29 is 0 Å². The second-order valence-corrected chi connectivity index (χ2v) is 7.07. The van der Waals surface area contributed by atoms with E-state index >= 15 is 0 Å². The molecule has 4 heteroatoms. The summed E-state index contributed by atoms with van der Waals surface area (Å²) in [4.78, 5) is 0. The number of rotatable bonds is 9. The molecule has 0 atom stereocenters. The van der Waals surface area contributed by atoms with Crippen molar-refractivity contribution in [1.29, 1.82) is 5.26 Å². The lowest BCUT2D eigenvalue weighted by molar-refractivity contribution is 0.693. The molecular weight excluding hydrogens is 356 g/mol. The normalized spacial score (nSPS) is 10.4. The number of nitrogens with zero attached hydrogens (tertiary/aromatic N) is 1. The fourth-order valence-electron chi connectivity index (χ4n) is 3.20. The summed E-state index contributed by atoms with van der Waals surface area (Å²) in [5.41, 5.74) is 7.97. The highest BCUT2D eigenvalue weighted by Crippen LogP contribution is 2.24. The smallest absolute Gasteiger partial charge is 0.0991 e. The van der Waals surface area contributed by atoms with Crippen molar-refractivity contribution in [2.45, 2.75) is 33.0 Å². The Balaban J connectivity index is 1.50. The number of benzene rings is 3. The third-order valence-corrected chi connectivity index (χ3v) is 5.01. The number of hydrogen-bond acceptors (Lipinski definition) is 4. The molecule has 0 unspecified atom stereocenters. The molecule has 3 N–H and O–H groups in total. The predicted octanol–water partition coefficient (Wildman–Crippen LogP) is 5.06. The van der Waals surface area contributed by atoms with Crippen molar-refractivity contribution in [1.82, 2.24) is 5.32 Å². The zero-order chi connectivity index (χ0) is 20.5. The van der Waals surface area contributed by atoms with Gasteiger partial charge in [-0.1, -0.05) is 49.4 Å².